The first-order valence-electron chi connectivity index (χ1n) is 12.6. The lowest BCUT2D eigenvalue weighted by atomic mass is 9.86. The summed E-state index contributed by atoms with van der Waals surface area (Å²) in [5.41, 5.74) is 3.54. The standard InChI is InChI=1S/C30H36N2OS/c33-30(14-7-12-25-8-3-1-4-9-25)15-17-31(18-16-30)21-28-22-32(20-26-10-5-2-6-11-26)23-29(28)27-13-19-34-24-27/h1-13,19,24,28-29,33H,14-18,20-23H2. The van der Waals surface area contributed by atoms with Crippen LogP contribution in [-0.4, -0.2) is 53.2 Å². The molecule has 3 aromatic rings. The minimum atomic E-state index is -0.566. The highest BCUT2D eigenvalue weighted by atomic mass is 32.1. The molecule has 2 fully saturated rings. The van der Waals surface area contributed by atoms with E-state index in [1.807, 2.05) is 17.4 Å². The van der Waals surface area contributed by atoms with E-state index in [1.54, 1.807) is 0 Å². The van der Waals surface area contributed by atoms with Crippen LogP contribution in [0.2, 0.25) is 0 Å². The minimum absolute atomic E-state index is 0.566. The quantitative estimate of drug-likeness (QED) is 0.443. The highest BCUT2D eigenvalue weighted by Gasteiger charge is 2.37. The number of hydrogen-bond acceptors (Lipinski definition) is 4. The van der Waals surface area contributed by atoms with Crippen LogP contribution >= 0.6 is 11.3 Å². The van der Waals surface area contributed by atoms with Gasteiger partial charge in [0.2, 0.25) is 0 Å². The third kappa shape index (κ3) is 6.05. The molecular formula is C30H36N2OS. The Hall–Kier alpha value is -2.24. The van der Waals surface area contributed by atoms with E-state index in [0.29, 0.717) is 11.8 Å². The zero-order valence-corrected chi connectivity index (χ0v) is 20.7. The molecule has 0 amide bonds. The monoisotopic (exact) mass is 472 g/mol. The van der Waals surface area contributed by atoms with Crippen molar-refractivity contribution in [2.45, 2.75) is 37.3 Å². The molecule has 2 atom stereocenters. The summed E-state index contributed by atoms with van der Waals surface area (Å²) in [6.07, 6.45) is 6.73. The van der Waals surface area contributed by atoms with E-state index >= 15 is 0 Å². The lowest BCUT2D eigenvalue weighted by Gasteiger charge is -2.39. The van der Waals surface area contributed by atoms with Gasteiger partial charge in [0.1, 0.15) is 0 Å². The molecule has 0 spiro atoms. The Balaban J connectivity index is 1.16. The van der Waals surface area contributed by atoms with Crippen LogP contribution in [0.3, 0.4) is 0 Å². The number of rotatable bonds is 8. The van der Waals surface area contributed by atoms with E-state index in [4.69, 9.17) is 0 Å². The van der Waals surface area contributed by atoms with Gasteiger partial charge >= 0.3 is 0 Å². The Kier molecular flexibility index (Phi) is 7.60. The number of likely N-dealkylation sites (tertiary alicyclic amines) is 2. The molecule has 2 aliphatic heterocycles. The maximum absolute atomic E-state index is 11.2. The van der Waals surface area contributed by atoms with Crippen LogP contribution in [0.5, 0.6) is 0 Å². The second-order valence-electron chi connectivity index (χ2n) is 10.1. The Bertz CT molecular complexity index is 1030. The summed E-state index contributed by atoms with van der Waals surface area (Å²) in [7, 11) is 0. The van der Waals surface area contributed by atoms with Crippen molar-refractivity contribution in [2.75, 3.05) is 32.7 Å². The zero-order valence-electron chi connectivity index (χ0n) is 19.9. The van der Waals surface area contributed by atoms with Gasteiger partial charge in [-0.1, -0.05) is 72.8 Å². The van der Waals surface area contributed by atoms with E-state index in [0.717, 1.165) is 58.5 Å². The summed E-state index contributed by atoms with van der Waals surface area (Å²) in [4.78, 5) is 5.24. The number of nitrogens with zero attached hydrogens (tertiary/aromatic N) is 2. The van der Waals surface area contributed by atoms with Crippen LogP contribution in [0, 0.1) is 5.92 Å². The Morgan fingerprint density at radius 1 is 0.912 bits per heavy atom. The van der Waals surface area contributed by atoms with Gasteiger partial charge in [-0.15, -0.1) is 0 Å². The summed E-state index contributed by atoms with van der Waals surface area (Å²) in [6.45, 7) is 6.42. The molecule has 178 valence electrons. The second kappa shape index (κ2) is 11.0. The van der Waals surface area contributed by atoms with Crippen molar-refractivity contribution >= 4 is 17.4 Å². The van der Waals surface area contributed by atoms with Gasteiger partial charge in [-0.05, 0) is 58.7 Å². The Morgan fingerprint density at radius 2 is 1.65 bits per heavy atom. The molecule has 2 unspecified atom stereocenters. The average molecular weight is 473 g/mol. The molecule has 4 heteroatoms. The van der Waals surface area contributed by atoms with Crippen molar-refractivity contribution in [2.24, 2.45) is 5.92 Å². The van der Waals surface area contributed by atoms with E-state index in [1.165, 1.54) is 16.7 Å². The fraction of sp³-hybridized carbons (Fsp3) is 0.400. The number of benzene rings is 2. The van der Waals surface area contributed by atoms with E-state index < -0.39 is 5.60 Å². The molecule has 2 aliphatic rings. The van der Waals surface area contributed by atoms with E-state index in [2.05, 4.69) is 93.4 Å². The van der Waals surface area contributed by atoms with E-state index in [9.17, 15) is 5.11 Å². The summed E-state index contributed by atoms with van der Waals surface area (Å²) >= 11 is 1.81. The minimum Gasteiger partial charge on any atom is -0.389 e. The molecule has 2 saturated heterocycles. The summed E-state index contributed by atoms with van der Waals surface area (Å²) in [5, 5.41) is 15.7. The van der Waals surface area contributed by atoms with Crippen LogP contribution < -0.4 is 0 Å². The zero-order chi connectivity index (χ0) is 23.2. The highest BCUT2D eigenvalue weighted by Crippen LogP contribution is 2.36. The molecule has 0 aliphatic carbocycles. The third-order valence-corrected chi connectivity index (χ3v) is 8.33. The van der Waals surface area contributed by atoms with Gasteiger partial charge in [-0.2, -0.15) is 11.3 Å². The highest BCUT2D eigenvalue weighted by molar-refractivity contribution is 7.08. The summed E-state index contributed by atoms with van der Waals surface area (Å²) in [5.74, 6) is 1.24. The first-order chi connectivity index (χ1) is 16.7. The van der Waals surface area contributed by atoms with Crippen LogP contribution in [0.15, 0.2) is 83.6 Å². The predicted octanol–water partition coefficient (Wildman–Crippen LogP) is 5.89. The maximum Gasteiger partial charge on any atom is 0.0706 e. The first kappa shape index (κ1) is 23.5. The van der Waals surface area contributed by atoms with Gasteiger partial charge in [0.05, 0.1) is 5.60 Å². The van der Waals surface area contributed by atoms with Crippen LogP contribution in [0.25, 0.3) is 6.08 Å². The molecule has 1 N–H and O–H groups in total. The fourth-order valence-electron chi connectivity index (χ4n) is 5.65. The van der Waals surface area contributed by atoms with Crippen LogP contribution in [0.1, 0.15) is 41.9 Å². The van der Waals surface area contributed by atoms with Gasteiger partial charge < -0.3 is 10.0 Å². The van der Waals surface area contributed by atoms with Crippen LogP contribution in [-0.2, 0) is 6.54 Å². The first-order valence-corrected chi connectivity index (χ1v) is 13.6. The Morgan fingerprint density at radius 3 is 2.35 bits per heavy atom. The molecule has 0 radical (unpaired) electrons. The lowest BCUT2D eigenvalue weighted by Crippen LogP contribution is -2.46. The predicted molar refractivity (Wildman–Crippen MR) is 143 cm³/mol. The molecule has 3 nitrogen and oxygen atoms in total. The van der Waals surface area contributed by atoms with Gasteiger partial charge in [0, 0.05) is 45.2 Å². The molecule has 5 rings (SSSR count). The van der Waals surface area contributed by atoms with Crippen molar-refractivity contribution in [3.63, 3.8) is 0 Å². The molecule has 0 saturated carbocycles. The molecule has 34 heavy (non-hydrogen) atoms. The van der Waals surface area contributed by atoms with Gasteiger partial charge in [-0.25, -0.2) is 0 Å². The third-order valence-electron chi connectivity index (χ3n) is 7.62. The maximum atomic E-state index is 11.2. The van der Waals surface area contributed by atoms with Gasteiger partial charge in [0.25, 0.3) is 0 Å². The number of hydrogen-bond donors (Lipinski definition) is 1. The molecular weight excluding hydrogens is 436 g/mol. The van der Waals surface area contributed by atoms with Crippen molar-refractivity contribution in [3.05, 3.63) is 100 Å². The molecule has 2 aromatic carbocycles. The Labute approximate surface area is 208 Å². The second-order valence-corrected chi connectivity index (χ2v) is 10.9. The number of piperidine rings is 1. The smallest absolute Gasteiger partial charge is 0.0706 e. The molecule has 0 bridgehead atoms. The SMILES string of the molecule is OC1(CC=Cc2ccccc2)CCN(CC2CN(Cc3ccccc3)CC2c2ccsc2)CC1. The van der Waals surface area contributed by atoms with Crippen molar-refractivity contribution in [1.29, 1.82) is 0 Å². The number of thiophene rings is 1. The van der Waals surface area contributed by atoms with Crippen LogP contribution in [0.4, 0.5) is 0 Å². The van der Waals surface area contributed by atoms with Crippen molar-refractivity contribution in [3.8, 4) is 0 Å². The average Bonchev–Trinajstić information content (AvgIpc) is 3.52. The molecule has 1 aromatic heterocycles. The lowest BCUT2D eigenvalue weighted by molar-refractivity contribution is -0.0215. The summed E-state index contributed by atoms with van der Waals surface area (Å²) < 4.78 is 0. The topological polar surface area (TPSA) is 26.7 Å². The fourth-order valence-corrected chi connectivity index (χ4v) is 6.37. The molecule has 3 heterocycles. The normalized spacial score (nSPS) is 23.6. The largest absolute Gasteiger partial charge is 0.389 e. The summed E-state index contributed by atoms with van der Waals surface area (Å²) in [6, 6.07) is 23.5. The van der Waals surface area contributed by atoms with Crippen molar-refractivity contribution < 1.29 is 5.11 Å². The number of aliphatic hydroxyl groups is 1. The van der Waals surface area contributed by atoms with Gasteiger partial charge in [-0.3, -0.25) is 4.90 Å². The van der Waals surface area contributed by atoms with E-state index in [-0.39, 0.29) is 0 Å². The van der Waals surface area contributed by atoms with Crippen molar-refractivity contribution in [1.82, 2.24) is 9.80 Å². The van der Waals surface area contributed by atoms with Gasteiger partial charge in [0.15, 0.2) is 0 Å².